The third-order valence-corrected chi connectivity index (χ3v) is 3.75. The Bertz CT molecular complexity index is 202. The summed E-state index contributed by atoms with van der Waals surface area (Å²) in [5.41, 5.74) is 0. The highest BCUT2D eigenvalue weighted by Gasteiger charge is 2.25. The number of likely N-dealkylation sites (tertiary alicyclic amines) is 1. The second-order valence-electron chi connectivity index (χ2n) is 5.46. The van der Waals surface area contributed by atoms with Crippen molar-refractivity contribution in [2.45, 2.75) is 45.1 Å². The molecule has 0 aliphatic carbocycles. The van der Waals surface area contributed by atoms with Crippen LogP contribution in [0.2, 0.25) is 0 Å². The molecule has 0 spiro atoms. The molecule has 0 aromatic carbocycles. The lowest BCUT2D eigenvalue weighted by Gasteiger charge is -2.38. The Hall–Kier alpha value is -0.160. The normalized spacial score (nSPS) is 25.5. The van der Waals surface area contributed by atoms with E-state index in [1.165, 1.54) is 19.4 Å². The number of unbranched alkanes of at least 4 members (excludes halogenated alkanes) is 1. The van der Waals surface area contributed by atoms with Gasteiger partial charge in [0, 0.05) is 32.3 Å². The van der Waals surface area contributed by atoms with E-state index < -0.39 is 0 Å². The van der Waals surface area contributed by atoms with Gasteiger partial charge >= 0.3 is 0 Å². The second kappa shape index (κ2) is 9.73. The summed E-state index contributed by atoms with van der Waals surface area (Å²) in [5, 5.41) is 21.5. The van der Waals surface area contributed by atoms with E-state index in [0.717, 1.165) is 38.9 Å². The minimum Gasteiger partial charge on any atom is -0.396 e. The lowest BCUT2D eigenvalue weighted by atomic mass is 9.91. The molecule has 1 heterocycles. The summed E-state index contributed by atoms with van der Waals surface area (Å²) in [7, 11) is 0. The third kappa shape index (κ3) is 6.14. The maximum absolute atomic E-state index is 9.11. The Morgan fingerprint density at radius 3 is 2.67 bits per heavy atom. The zero-order valence-electron chi connectivity index (χ0n) is 11.8. The molecule has 18 heavy (non-hydrogen) atoms. The van der Waals surface area contributed by atoms with Gasteiger partial charge in [-0.1, -0.05) is 13.3 Å². The van der Waals surface area contributed by atoms with Crippen LogP contribution < -0.4 is 5.32 Å². The molecule has 1 rings (SSSR count). The molecule has 0 amide bonds. The van der Waals surface area contributed by atoms with Crippen molar-refractivity contribution in [2.75, 3.05) is 39.4 Å². The summed E-state index contributed by atoms with van der Waals surface area (Å²) < 4.78 is 0. The van der Waals surface area contributed by atoms with Gasteiger partial charge in [0.25, 0.3) is 0 Å². The Labute approximate surface area is 111 Å². The van der Waals surface area contributed by atoms with E-state index in [4.69, 9.17) is 10.2 Å². The van der Waals surface area contributed by atoms with Crippen LogP contribution in [0.15, 0.2) is 0 Å². The predicted octanol–water partition coefficient (Wildman–Crippen LogP) is 0.831. The lowest BCUT2D eigenvalue weighted by Crippen LogP contribution is -2.49. The summed E-state index contributed by atoms with van der Waals surface area (Å²) in [4.78, 5) is 2.53. The van der Waals surface area contributed by atoms with E-state index in [1.54, 1.807) is 0 Å². The van der Waals surface area contributed by atoms with Gasteiger partial charge in [-0.15, -0.1) is 0 Å². The zero-order valence-corrected chi connectivity index (χ0v) is 11.8. The maximum Gasteiger partial charge on any atom is 0.0443 e. The molecule has 0 radical (unpaired) electrons. The van der Waals surface area contributed by atoms with Crippen LogP contribution in [-0.4, -0.2) is 60.5 Å². The van der Waals surface area contributed by atoms with E-state index in [2.05, 4.69) is 17.1 Å². The van der Waals surface area contributed by atoms with Crippen LogP contribution in [0, 0.1) is 5.92 Å². The summed E-state index contributed by atoms with van der Waals surface area (Å²) >= 11 is 0. The van der Waals surface area contributed by atoms with E-state index >= 15 is 0 Å². The monoisotopic (exact) mass is 258 g/mol. The quantitative estimate of drug-likeness (QED) is 0.536. The number of nitrogens with zero attached hydrogens (tertiary/aromatic N) is 1. The van der Waals surface area contributed by atoms with Crippen LogP contribution >= 0.6 is 0 Å². The fourth-order valence-electron chi connectivity index (χ4n) is 2.79. The van der Waals surface area contributed by atoms with Gasteiger partial charge in [0.1, 0.15) is 0 Å². The highest BCUT2D eigenvalue weighted by atomic mass is 16.3. The molecule has 0 bridgehead atoms. The first-order valence-corrected chi connectivity index (χ1v) is 7.47. The van der Waals surface area contributed by atoms with Crippen molar-refractivity contribution in [1.82, 2.24) is 10.2 Å². The number of hydrogen-bond acceptors (Lipinski definition) is 4. The van der Waals surface area contributed by atoms with Gasteiger partial charge in [0.05, 0.1) is 0 Å². The number of nitrogens with one attached hydrogen (secondary N) is 1. The van der Waals surface area contributed by atoms with Gasteiger partial charge in [0.15, 0.2) is 0 Å². The molecule has 1 saturated heterocycles. The summed E-state index contributed by atoms with van der Waals surface area (Å²) in [6, 6.07) is 0.527. The number of rotatable bonds is 9. The Morgan fingerprint density at radius 2 is 2.00 bits per heavy atom. The summed E-state index contributed by atoms with van der Waals surface area (Å²) in [6.07, 6.45) is 5.41. The van der Waals surface area contributed by atoms with Crippen molar-refractivity contribution >= 4 is 0 Å². The van der Waals surface area contributed by atoms with E-state index in [1.807, 2.05) is 0 Å². The minimum absolute atomic E-state index is 0.263. The predicted molar refractivity (Wildman–Crippen MR) is 74.7 cm³/mol. The van der Waals surface area contributed by atoms with Crippen LogP contribution in [0.4, 0.5) is 0 Å². The first-order chi connectivity index (χ1) is 8.80. The van der Waals surface area contributed by atoms with Gasteiger partial charge in [-0.2, -0.15) is 0 Å². The fourth-order valence-corrected chi connectivity index (χ4v) is 2.79. The van der Waals surface area contributed by atoms with Gasteiger partial charge < -0.3 is 20.4 Å². The number of piperidine rings is 1. The van der Waals surface area contributed by atoms with Gasteiger partial charge in [0.2, 0.25) is 0 Å². The zero-order chi connectivity index (χ0) is 13.2. The van der Waals surface area contributed by atoms with Crippen LogP contribution in [0.5, 0.6) is 0 Å². The molecule has 2 unspecified atom stereocenters. The van der Waals surface area contributed by atoms with E-state index in [0.29, 0.717) is 18.6 Å². The summed E-state index contributed by atoms with van der Waals surface area (Å²) in [5.74, 6) is 0.618. The minimum atomic E-state index is 0.263. The standard InChI is InChI=1S/C14H30N2O2/c1-2-3-7-16-11-13(5-9-18)10-14(12-16)15-6-4-8-17/h13-15,17-18H,2-12H2,1H3. The molecular formula is C14H30N2O2. The van der Waals surface area contributed by atoms with Crippen LogP contribution in [0.3, 0.4) is 0 Å². The second-order valence-corrected chi connectivity index (χ2v) is 5.46. The molecule has 4 heteroatoms. The van der Waals surface area contributed by atoms with Crippen LogP contribution in [0.1, 0.15) is 39.0 Å². The van der Waals surface area contributed by atoms with E-state index in [9.17, 15) is 0 Å². The van der Waals surface area contributed by atoms with Crippen molar-refractivity contribution in [2.24, 2.45) is 5.92 Å². The largest absolute Gasteiger partial charge is 0.396 e. The fraction of sp³-hybridized carbons (Fsp3) is 1.00. The first-order valence-electron chi connectivity index (χ1n) is 7.47. The van der Waals surface area contributed by atoms with Crippen molar-refractivity contribution in [3.63, 3.8) is 0 Å². The third-order valence-electron chi connectivity index (χ3n) is 3.75. The molecule has 1 fully saturated rings. The van der Waals surface area contributed by atoms with Gasteiger partial charge in [-0.25, -0.2) is 0 Å². The number of hydrogen-bond donors (Lipinski definition) is 3. The number of aliphatic hydroxyl groups is 2. The van der Waals surface area contributed by atoms with Crippen molar-refractivity contribution in [3.8, 4) is 0 Å². The number of aliphatic hydroxyl groups excluding tert-OH is 2. The molecule has 108 valence electrons. The van der Waals surface area contributed by atoms with Gasteiger partial charge in [-0.3, -0.25) is 0 Å². The molecule has 3 N–H and O–H groups in total. The molecule has 1 aliphatic heterocycles. The molecule has 4 nitrogen and oxygen atoms in total. The van der Waals surface area contributed by atoms with Crippen molar-refractivity contribution < 1.29 is 10.2 Å². The average molecular weight is 258 g/mol. The molecule has 0 saturated carbocycles. The average Bonchev–Trinajstić information content (AvgIpc) is 2.37. The van der Waals surface area contributed by atoms with Gasteiger partial charge in [-0.05, 0) is 44.7 Å². The van der Waals surface area contributed by atoms with Crippen molar-refractivity contribution in [1.29, 1.82) is 0 Å². The molecular weight excluding hydrogens is 228 g/mol. The Morgan fingerprint density at radius 1 is 1.17 bits per heavy atom. The molecule has 1 aliphatic rings. The maximum atomic E-state index is 9.11. The Kier molecular flexibility index (Phi) is 8.59. The van der Waals surface area contributed by atoms with Crippen molar-refractivity contribution in [3.05, 3.63) is 0 Å². The lowest BCUT2D eigenvalue weighted by molar-refractivity contribution is 0.119. The molecule has 0 aromatic rings. The molecule has 0 aromatic heterocycles. The molecule has 2 atom stereocenters. The SMILES string of the molecule is CCCCN1CC(CCO)CC(NCCCO)C1. The summed E-state index contributed by atoms with van der Waals surface area (Å²) in [6.45, 7) is 7.12. The topological polar surface area (TPSA) is 55.7 Å². The highest BCUT2D eigenvalue weighted by Crippen LogP contribution is 2.20. The highest BCUT2D eigenvalue weighted by molar-refractivity contribution is 4.83. The first kappa shape index (κ1) is 15.9. The Balaban J connectivity index is 2.35. The smallest absolute Gasteiger partial charge is 0.0443 e. The van der Waals surface area contributed by atoms with E-state index in [-0.39, 0.29) is 6.61 Å². The van der Waals surface area contributed by atoms with Crippen LogP contribution in [-0.2, 0) is 0 Å². The van der Waals surface area contributed by atoms with Crippen LogP contribution in [0.25, 0.3) is 0 Å².